The Balaban J connectivity index is 1.44. The van der Waals surface area contributed by atoms with E-state index in [4.69, 9.17) is 4.42 Å². The van der Waals surface area contributed by atoms with Crippen molar-refractivity contribution in [1.29, 1.82) is 0 Å². The van der Waals surface area contributed by atoms with E-state index < -0.39 is 0 Å². The molecule has 4 rings (SSSR count). The number of benzene rings is 1. The van der Waals surface area contributed by atoms with Crippen LogP contribution in [-0.4, -0.2) is 54.2 Å². The second-order valence-corrected chi connectivity index (χ2v) is 7.57. The zero-order valence-electron chi connectivity index (χ0n) is 17.9. The van der Waals surface area contributed by atoms with Crippen molar-refractivity contribution in [3.8, 4) is 0 Å². The minimum absolute atomic E-state index is 0.398. The number of hydrogen-bond acceptors (Lipinski definition) is 8. The average Bonchev–Trinajstić information content (AvgIpc) is 3.25. The highest BCUT2D eigenvalue weighted by Crippen LogP contribution is 2.29. The first kappa shape index (κ1) is 20.7. The van der Waals surface area contributed by atoms with Crippen LogP contribution in [0.4, 0.5) is 23.7 Å². The van der Waals surface area contributed by atoms with Gasteiger partial charge in [0.25, 0.3) is 0 Å². The molecule has 0 radical (unpaired) electrons. The molecule has 3 aromatic rings. The van der Waals surface area contributed by atoms with Gasteiger partial charge in [-0.1, -0.05) is 30.4 Å². The maximum absolute atomic E-state index is 6.05. The summed E-state index contributed by atoms with van der Waals surface area (Å²) in [5.41, 5.74) is 0.922. The summed E-state index contributed by atoms with van der Waals surface area (Å²) in [6.07, 6.45) is 5.54. The zero-order chi connectivity index (χ0) is 21.6. The summed E-state index contributed by atoms with van der Waals surface area (Å²) in [7, 11) is 2.11. The Morgan fingerprint density at radius 3 is 2.32 bits per heavy atom. The predicted molar refractivity (Wildman–Crippen MR) is 127 cm³/mol. The van der Waals surface area contributed by atoms with Crippen LogP contribution in [0, 0.1) is 0 Å². The molecule has 2 N–H and O–H groups in total. The van der Waals surface area contributed by atoms with E-state index in [9.17, 15) is 0 Å². The van der Waals surface area contributed by atoms with Crippen molar-refractivity contribution in [1.82, 2.24) is 15.0 Å². The van der Waals surface area contributed by atoms with Crippen molar-refractivity contribution in [2.45, 2.75) is 18.9 Å². The molecule has 8 nitrogen and oxygen atoms in total. The maximum Gasteiger partial charge on any atom is 0.231 e. The lowest BCUT2D eigenvalue weighted by Gasteiger charge is -2.36. The van der Waals surface area contributed by atoms with E-state index in [-0.39, 0.29) is 0 Å². The van der Waals surface area contributed by atoms with Crippen molar-refractivity contribution in [3.05, 3.63) is 55.6 Å². The number of furan rings is 1. The van der Waals surface area contributed by atoms with E-state index in [1.54, 1.807) is 12.2 Å². The first-order chi connectivity index (χ1) is 15.2. The second kappa shape index (κ2) is 9.51. The molecule has 0 atom stereocenters. The lowest BCUT2D eigenvalue weighted by Crippen LogP contribution is -2.44. The Bertz CT molecular complexity index is 976. The van der Waals surface area contributed by atoms with Crippen LogP contribution < -0.4 is 20.4 Å². The molecular formula is C23H29N7O. The molecule has 1 fully saturated rings. The third-order valence-corrected chi connectivity index (χ3v) is 5.49. The Kier molecular flexibility index (Phi) is 6.35. The van der Waals surface area contributed by atoms with Crippen molar-refractivity contribution < 1.29 is 4.42 Å². The number of fused-ring (bicyclic) bond motifs is 1. The summed E-state index contributed by atoms with van der Waals surface area (Å²) in [4.78, 5) is 18.1. The number of anilines is 4. The van der Waals surface area contributed by atoms with E-state index in [0.717, 1.165) is 42.8 Å². The smallest absolute Gasteiger partial charge is 0.231 e. The molecule has 1 aliphatic rings. The van der Waals surface area contributed by atoms with Gasteiger partial charge in [-0.25, -0.2) is 0 Å². The van der Waals surface area contributed by atoms with Gasteiger partial charge >= 0.3 is 0 Å². The second-order valence-electron chi connectivity index (χ2n) is 7.57. The monoisotopic (exact) mass is 419 g/mol. The van der Waals surface area contributed by atoms with Gasteiger partial charge in [-0.3, -0.25) is 0 Å². The standard InChI is InChI=1S/C23H29N7O/c1-4-12-24-21-26-22(25-13-5-2)28-23(27-21)30-14-10-18(11-15-30)29(3)20-16-17-8-6-7-9-19(17)31-20/h4-9,16,18H,1-2,10-15H2,3H3,(H2,24,25,26,27,28). The van der Waals surface area contributed by atoms with Crippen LogP contribution in [0.2, 0.25) is 0 Å². The number of nitrogens with one attached hydrogen (secondary N) is 2. The van der Waals surface area contributed by atoms with Gasteiger partial charge in [0.05, 0.1) is 0 Å². The van der Waals surface area contributed by atoms with E-state index in [0.29, 0.717) is 37.0 Å². The number of para-hydroxylation sites is 1. The zero-order valence-corrected chi connectivity index (χ0v) is 17.9. The van der Waals surface area contributed by atoms with Gasteiger partial charge in [0.15, 0.2) is 5.88 Å². The SMILES string of the molecule is C=CCNc1nc(NCC=C)nc(N2CCC(N(C)c3cc4ccccc4o3)CC2)n1. The molecule has 2 aromatic heterocycles. The molecule has 8 heteroatoms. The number of rotatable bonds is 9. The number of aromatic nitrogens is 3. The normalized spacial score (nSPS) is 14.4. The topological polar surface area (TPSA) is 82.4 Å². The minimum Gasteiger partial charge on any atom is -0.441 e. The fourth-order valence-electron chi connectivity index (χ4n) is 3.77. The fourth-order valence-corrected chi connectivity index (χ4v) is 3.77. The van der Waals surface area contributed by atoms with E-state index in [1.807, 2.05) is 18.2 Å². The fraction of sp³-hybridized carbons (Fsp3) is 0.348. The lowest BCUT2D eigenvalue weighted by atomic mass is 10.0. The van der Waals surface area contributed by atoms with Crippen molar-refractivity contribution >= 4 is 34.7 Å². The van der Waals surface area contributed by atoms with Gasteiger partial charge in [0.1, 0.15) is 5.58 Å². The van der Waals surface area contributed by atoms with Gasteiger partial charge in [-0.15, -0.1) is 13.2 Å². The minimum atomic E-state index is 0.398. The Labute approximate surface area is 182 Å². The summed E-state index contributed by atoms with van der Waals surface area (Å²) in [5.74, 6) is 2.67. The van der Waals surface area contributed by atoms with Crippen LogP contribution >= 0.6 is 0 Å². The highest BCUT2D eigenvalue weighted by atomic mass is 16.4. The number of hydrogen-bond donors (Lipinski definition) is 2. The summed E-state index contributed by atoms with van der Waals surface area (Å²) < 4.78 is 6.05. The molecule has 0 amide bonds. The third kappa shape index (κ3) is 4.79. The molecule has 0 spiro atoms. The van der Waals surface area contributed by atoms with E-state index in [1.165, 1.54) is 0 Å². The van der Waals surface area contributed by atoms with E-state index in [2.05, 4.69) is 67.7 Å². The quantitative estimate of drug-likeness (QED) is 0.505. The summed E-state index contributed by atoms with van der Waals surface area (Å²) in [6.45, 7) is 10.4. The van der Waals surface area contributed by atoms with Crippen LogP contribution in [0.1, 0.15) is 12.8 Å². The number of nitrogens with zero attached hydrogens (tertiary/aromatic N) is 5. The van der Waals surface area contributed by atoms with Gasteiger partial charge < -0.3 is 24.9 Å². The molecule has 31 heavy (non-hydrogen) atoms. The van der Waals surface area contributed by atoms with Crippen molar-refractivity contribution in [3.63, 3.8) is 0 Å². The molecule has 0 aliphatic carbocycles. The van der Waals surface area contributed by atoms with E-state index >= 15 is 0 Å². The summed E-state index contributed by atoms with van der Waals surface area (Å²) in [6, 6.07) is 10.6. The third-order valence-electron chi connectivity index (χ3n) is 5.49. The highest BCUT2D eigenvalue weighted by molar-refractivity contribution is 5.80. The van der Waals surface area contributed by atoms with Gasteiger partial charge in [0, 0.05) is 50.7 Å². The predicted octanol–water partition coefficient (Wildman–Crippen LogP) is 3.92. The summed E-state index contributed by atoms with van der Waals surface area (Å²) in [5, 5.41) is 7.45. The Hall–Kier alpha value is -3.55. The van der Waals surface area contributed by atoms with Crippen LogP contribution in [0.3, 0.4) is 0 Å². The Morgan fingerprint density at radius 1 is 1.06 bits per heavy atom. The molecule has 1 aromatic carbocycles. The first-order valence-electron chi connectivity index (χ1n) is 10.6. The Morgan fingerprint density at radius 2 is 1.71 bits per heavy atom. The summed E-state index contributed by atoms with van der Waals surface area (Å²) >= 11 is 0. The van der Waals surface area contributed by atoms with Crippen LogP contribution in [0.15, 0.2) is 60.1 Å². The molecule has 0 bridgehead atoms. The van der Waals surface area contributed by atoms with Gasteiger partial charge in [-0.05, 0) is 18.9 Å². The highest BCUT2D eigenvalue weighted by Gasteiger charge is 2.26. The maximum atomic E-state index is 6.05. The van der Waals surface area contributed by atoms with Crippen LogP contribution in [0.5, 0.6) is 0 Å². The van der Waals surface area contributed by atoms with Crippen LogP contribution in [-0.2, 0) is 0 Å². The molecule has 3 heterocycles. The molecule has 1 saturated heterocycles. The van der Waals surface area contributed by atoms with Gasteiger partial charge in [-0.2, -0.15) is 15.0 Å². The first-order valence-corrected chi connectivity index (χ1v) is 10.6. The molecule has 0 unspecified atom stereocenters. The lowest BCUT2D eigenvalue weighted by molar-refractivity contribution is 0.454. The van der Waals surface area contributed by atoms with Gasteiger partial charge in [0.2, 0.25) is 17.8 Å². The molecular weight excluding hydrogens is 390 g/mol. The molecule has 162 valence electrons. The molecule has 0 saturated carbocycles. The van der Waals surface area contributed by atoms with Crippen molar-refractivity contribution in [2.24, 2.45) is 0 Å². The number of piperidine rings is 1. The average molecular weight is 420 g/mol. The largest absolute Gasteiger partial charge is 0.441 e. The van der Waals surface area contributed by atoms with Crippen molar-refractivity contribution in [2.75, 3.05) is 53.7 Å². The molecule has 1 aliphatic heterocycles. The van der Waals surface area contributed by atoms with Crippen LogP contribution in [0.25, 0.3) is 11.0 Å².